The van der Waals surface area contributed by atoms with Crippen LogP contribution in [0.5, 0.6) is 5.75 Å². The third-order valence-corrected chi connectivity index (χ3v) is 6.16. The molecule has 0 aliphatic carbocycles. The Morgan fingerprint density at radius 1 is 1.03 bits per heavy atom. The lowest BCUT2D eigenvalue weighted by Gasteiger charge is -2.32. The van der Waals surface area contributed by atoms with E-state index in [4.69, 9.17) is 4.98 Å². The van der Waals surface area contributed by atoms with Crippen LogP contribution in [0.25, 0.3) is 11.3 Å². The van der Waals surface area contributed by atoms with Crippen LogP contribution in [0.15, 0.2) is 60.8 Å². The summed E-state index contributed by atoms with van der Waals surface area (Å²) in [5.74, 6) is 1.19. The summed E-state index contributed by atoms with van der Waals surface area (Å²) in [5.41, 5.74) is 4.49. The van der Waals surface area contributed by atoms with Crippen LogP contribution < -0.4 is 5.32 Å². The van der Waals surface area contributed by atoms with Gasteiger partial charge in [0.2, 0.25) is 0 Å². The molecule has 4 rings (SSSR count). The number of hydrogen-bond acceptors (Lipinski definition) is 5. The summed E-state index contributed by atoms with van der Waals surface area (Å²) in [7, 11) is 0. The fraction of sp³-hybridized carbons (Fsp3) is 0.407. The van der Waals surface area contributed by atoms with Crippen LogP contribution in [0, 0.1) is 0 Å². The van der Waals surface area contributed by atoms with E-state index in [1.807, 2.05) is 24.4 Å². The molecular formula is C27H34N4O. The number of phenolic OH excluding ortho intramolecular Hbond substituents is 1. The Labute approximate surface area is 191 Å². The monoisotopic (exact) mass is 430 g/mol. The van der Waals surface area contributed by atoms with E-state index in [0.29, 0.717) is 11.8 Å². The number of likely N-dealkylation sites (tertiary alicyclic amines) is 1. The summed E-state index contributed by atoms with van der Waals surface area (Å²) in [4.78, 5) is 11.9. The second-order valence-electron chi connectivity index (χ2n) is 8.72. The highest BCUT2D eigenvalue weighted by atomic mass is 16.3. The van der Waals surface area contributed by atoms with Crippen molar-refractivity contribution < 1.29 is 5.11 Å². The molecule has 1 fully saturated rings. The maximum absolute atomic E-state index is 9.41. The lowest BCUT2D eigenvalue weighted by molar-refractivity contribution is 0.219. The van der Waals surface area contributed by atoms with E-state index in [9.17, 15) is 5.11 Å². The highest BCUT2D eigenvalue weighted by Gasteiger charge is 2.18. The van der Waals surface area contributed by atoms with E-state index in [2.05, 4.69) is 46.4 Å². The minimum absolute atomic E-state index is 0.309. The zero-order chi connectivity index (χ0) is 22.2. The number of benzene rings is 2. The predicted molar refractivity (Wildman–Crippen MR) is 131 cm³/mol. The zero-order valence-electron chi connectivity index (χ0n) is 19.0. The average Bonchev–Trinajstić information content (AvgIpc) is 2.82. The molecule has 0 radical (unpaired) electrons. The normalized spacial score (nSPS) is 15.0. The van der Waals surface area contributed by atoms with Gasteiger partial charge < -0.3 is 15.3 Å². The first-order chi connectivity index (χ1) is 15.7. The van der Waals surface area contributed by atoms with Crippen LogP contribution in [0.1, 0.15) is 44.0 Å². The van der Waals surface area contributed by atoms with Gasteiger partial charge in [-0.25, -0.2) is 9.97 Å². The molecule has 0 unspecified atom stereocenters. The van der Waals surface area contributed by atoms with E-state index in [1.165, 1.54) is 50.1 Å². The van der Waals surface area contributed by atoms with Gasteiger partial charge in [0.15, 0.2) is 0 Å². The van der Waals surface area contributed by atoms with Crippen molar-refractivity contribution in [1.82, 2.24) is 14.9 Å². The maximum atomic E-state index is 9.41. The summed E-state index contributed by atoms with van der Waals surface area (Å²) < 4.78 is 0. The van der Waals surface area contributed by atoms with Gasteiger partial charge in [0.25, 0.3) is 0 Å². The van der Waals surface area contributed by atoms with Crippen LogP contribution >= 0.6 is 0 Å². The number of nitrogens with zero attached hydrogens (tertiary/aromatic N) is 3. The average molecular weight is 431 g/mol. The Morgan fingerprint density at radius 3 is 2.62 bits per heavy atom. The molecule has 0 bridgehead atoms. The molecule has 0 spiro atoms. The molecule has 1 aliphatic rings. The molecule has 168 valence electrons. The number of aromatic hydroxyl groups is 1. The zero-order valence-corrected chi connectivity index (χ0v) is 19.0. The number of rotatable bonds is 9. The van der Waals surface area contributed by atoms with E-state index in [-0.39, 0.29) is 0 Å². The third kappa shape index (κ3) is 6.30. The van der Waals surface area contributed by atoms with Gasteiger partial charge in [-0.2, -0.15) is 0 Å². The van der Waals surface area contributed by atoms with Crippen molar-refractivity contribution in [2.24, 2.45) is 0 Å². The molecule has 5 heteroatoms. The van der Waals surface area contributed by atoms with Crippen molar-refractivity contribution in [2.45, 2.75) is 51.5 Å². The highest BCUT2D eigenvalue weighted by molar-refractivity contribution is 5.65. The van der Waals surface area contributed by atoms with Gasteiger partial charge in [-0.3, -0.25) is 0 Å². The molecule has 2 aromatic carbocycles. The van der Waals surface area contributed by atoms with E-state index < -0.39 is 0 Å². The second kappa shape index (κ2) is 11.1. The third-order valence-electron chi connectivity index (χ3n) is 6.16. The molecule has 0 saturated carbocycles. The van der Waals surface area contributed by atoms with Gasteiger partial charge in [-0.05, 0) is 74.5 Å². The van der Waals surface area contributed by atoms with Crippen LogP contribution in [-0.4, -0.2) is 45.7 Å². The van der Waals surface area contributed by atoms with Gasteiger partial charge in [-0.1, -0.05) is 31.2 Å². The largest absolute Gasteiger partial charge is 0.508 e. The summed E-state index contributed by atoms with van der Waals surface area (Å²) in [5, 5.41) is 13.2. The molecule has 0 amide bonds. The van der Waals surface area contributed by atoms with E-state index in [0.717, 1.165) is 36.3 Å². The van der Waals surface area contributed by atoms with Crippen molar-refractivity contribution in [3.8, 4) is 17.0 Å². The summed E-state index contributed by atoms with van der Waals surface area (Å²) >= 11 is 0. The minimum Gasteiger partial charge on any atom is -0.508 e. The second-order valence-corrected chi connectivity index (χ2v) is 8.72. The molecule has 1 saturated heterocycles. The van der Waals surface area contributed by atoms with Gasteiger partial charge in [0, 0.05) is 43.0 Å². The molecule has 2 N–H and O–H groups in total. The molecule has 5 nitrogen and oxygen atoms in total. The van der Waals surface area contributed by atoms with E-state index in [1.54, 1.807) is 12.1 Å². The Kier molecular flexibility index (Phi) is 7.73. The van der Waals surface area contributed by atoms with Crippen molar-refractivity contribution in [1.29, 1.82) is 0 Å². The molecule has 3 aromatic rings. The van der Waals surface area contributed by atoms with Gasteiger partial charge >= 0.3 is 0 Å². The van der Waals surface area contributed by atoms with E-state index >= 15 is 0 Å². The standard InChI is InChI=1S/C27H34N4O/c1-2-17-31-18-14-23(15-19-31)29-24-7-4-6-22(20-24)26-13-16-28-27(30-26)8-3-5-21-9-11-25(32)12-10-21/h4,6-7,9-13,16,20,23,29,32H,2-3,5,8,14-15,17-19H2,1H3. The number of piperidine rings is 1. The predicted octanol–water partition coefficient (Wildman–Crippen LogP) is 5.31. The number of phenols is 1. The molecule has 32 heavy (non-hydrogen) atoms. The topological polar surface area (TPSA) is 61.3 Å². The first-order valence-corrected chi connectivity index (χ1v) is 11.9. The Bertz CT molecular complexity index is 981. The Hall–Kier alpha value is -2.92. The summed E-state index contributed by atoms with van der Waals surface area (Å²) in [6.45, 7) is 5.84. The highest BCUT2D eigenvalue weighted by Crippen LogP contribution is 2.23. The number of anilines is 1. The first kappa shape index (κ1) is 22.3. The SMILES string of the molecule is CCCN1CCC(Nc2cccc(-c3ccnc(CCCc4ccc(O)cc4)n3)c2)CC1. The lowest BCUT2D eigenvalue weighted by atomic mass is 10.0. The van der Waals surface area contributed by atoms with Crippen molar-refractivity contribution in [2.75, 3.05) is 25.0 Å². The molecule has 0 atom stereocenters. The number of aromatic nitrogens is 2. The van der Waals surface area contributed by atoms with Crippen molar-refractivity contribution in [3.63, 3.8) is 0 Å². The van der Waals surface area contributed by atoms with Gasteiger partial charge in [0.1, 0.15) is 11.6 Å². The van der Waals surface area contributed by atoms with Gasteiger partial charge in [0.05, 0.1) is 5.69 Å². The fourth-order valence-corrected chi connectivity index (χ4v) is 4.41. The number of nitrogens with one attached hydrogen (secondary N) is 1. The van der Waals surface area contributed by atoms with Crippen LogP contribution in [0.3, 0.4) is 0 Å². The summed E-state index contributed by atoms with van der Waals surface area (Å²) in [6, 6.07) is 18.5. The van der Waals surface area contributed by atoms with Crippen LogP contribution in [-0.2, 0) is 12.8 Å². The van der Waals surface area contributed by atoms with Crippen LogP contribution in [0.2, 0.25) is 0 Å². The summed E-state index contributed by atoms with van der Waals surface area (Å²) in [6.07, 6.45) is 8.26. The minimum atomic E-state index is 0.309. The van der Waals surface area contributed by atoms with Crippen molar-refractivity contribution in [3.05, 3.63) is 72.2 Å². The maximum Gasteiger partial charge on any atom is 0.128 e. The van der Waals surface area contributed by atoms with Crippen molar-refractivity contribution >= 4 is 5.69 Å². The van der Waals surface area contributed by atoms with Gasteiger partial charge in [-0.15, -0.1) is 0 Å². The van der Waals surface area contributed by atoms with Crippen LogP contribution in [0.4, 0.5) is 5.69 Å². The molecular weight excluding hydrogens is 396 g/mol. The smallest absolute Gasteiger partial charge is 0.128 e. The number of aryl methyl sites for hydroxylation is 2. The molecule has 1 aliphatic heterocycles. The number of hydrogen-bond donors (Lipinski definition) is 2. The quantitative estimate of drug-likeness (QED) is 0.482. The molecule has 2 heterocycles. The molecule has 1 aromatic heterocycles. The Morgan fingerprint density at radius 2 is 1.84 bits per heavy atom. The fourth-order valence-electron chi connectivity index (χ4n) is 4.41. The lowest BCUT2D eigenvalue weighted by Crippen LogP contribution is -2.39. The first-order valence-electron chi connectivity index (χ1n) is 11.9. The Balaban J connectivity index is 1.34.